The Morgan fingerprint density at radius 2 is 0.724 bits per heavy atom. The molecule has 0 N–H and O–H groups in total. The summed E-state index contributed by atoms with van der Waals surface area (Å²) in [5.41, 5.74) is 19.2. The fourth-order valence-electron chi connectivity index (χ4n) is 10.9. The number of hydrogen-bond donors (Lipinski definition) is 0. The largest absolute Gasteiger partial charge is 0.456 e. The number of hydrogen-bond acceptors (Lipinski definition) is 1. The summed E-state index contributed by atoms with van der Waals surface area (Å²) in [6.07, 6.45) is 0. The van der Waals surface area contributed by atoms with Crippen LogP contribution in [0.15, 0.2) is 211 Å². The molecule has 0 aliphatic heterocycles. The van der Waals surface area contributed by atoms with Crippen LogP contribution < -0.4 is 0 Å². The maximum atomic E-state index is 7.00. The lowest BCUT2D eigenvalue weighted by atomic mass is 9.70. The second-order valence-electron chi connectivity index (χ2n) is 15.8. The topological polar surface area (TPSA) is 13.1 Å². The zero-order valence-electron chi connectivity index (χ0n) is 31.5. The Kier molecular flexibility index (Phi) is 6.43. The molecule has 0 atom stereocenters. The molecule has 1 heteroatoms. The second-order valence-corrected chi connectivity index (χ2v) is 15.8. The molecule has 1 aromatic heterocycles. The molecule has 1 spiro atoms. The summed E-state index contributed by atoms with van der Waals surface area (Å²) in [5, 5.41) is 7.22. The predicted molar refractivity (Wildman–Crippen MR) is 241 cm³/mol. The average molecular weight is 735 g/mol. The molecule has 0 amide bonds. The predicted octanol–water partition coefficient (Wildman–Crippen LogP) is 15.2. The van der Waals surface area contributed by atoms with Crippen molar-refractivity contribution in [3.63, 3.8) is 0 Å². The molecule has 1 heterocycles. The van der Waals surface area contributed by atoms with Crippen molar-refractivity contribution >= 4 is 43.5 Å². The molecule has 2 aliphatic rings. The van der Waals surface area contributed by atoms with Crippen LogP contribution in [0.4, 0.5) is 0 Å². The van der Waals surface area contributed by atoms with Crippen LogP contribution in [0.3, 0.4) is 0 Å². The van der Waals surface area contributed by atoms with Gasteiger partial charge >= 0.3 is 0 Å². The average Bonchev–Trinajstić information content (AvgIpc) is 3.91. The quantitative estimate of drug-likeness (QED) is 0.165. The van der Waals surface area contributed by atoms with Crippen LogP contribution in [-0.2, 0) is 5.41 Å². The molecule has 13 rings (SSSR count). The number of benzene rings is 10. The molecular weight excluding hydrogens is 701 g/mol. The molecule has 10 aromatic carbocycles. The van der Waals surface area contributed by atoms with E-state index in [0.29, 0.717) is 0 Å². The minimum atomic E-state index is -0.423. The molecule has 58 heavy (non-hydrogen) atoms. The van der Waals surface area contributed by atoms with Gasteiger partial charge in [0.25, 0.3) is 0 Å². The number of rotatable bonds is 3. The van der Waals surface area contributed by atoms with Gasteiger partial charge in [0.1, 0.15) is 11.2 Å². The van der Waals surface area contributed by atoms with Gasteiger partial charge in [0.2, 0.25) is 0 Å². The molecule has 0 bridgehead atoms. The van der Waals surface area contributed by atoms with Crippen molar-refractivity contribution in [2.24, 2.45) is 0 Å². The van der Waals surface area contributed by atoms with E-state index in [1.165, 1.54) is 99.4 Å². The van der Waals surface area contributed by atoms with Crippen LogP contribution in [0.25, 0.3) is 99.1 Å². The van der Waals surface area contributed by atoms with Crippen molar-refractivity contribution in [2.45, 2.75) is 5.41 Å². The molecule has 2 aliphatic carbocycles. The highest BCUT2D eigenvalue weighted by atomic mass is 16.3. The Bertz CT molecular complexity index is 3410. The fraction of sp³-hybridized carbons (Fsp3) is 0.0175. The summed E-state index contributed by atoms with van der Waals surface area (Å²) in [7, 11) is 0. The van der Waals surface area contributed by atoms with Gasteiger partial charge in [0, 0.05) is 10.8 Å². The van der Waals surface area contributed by atoms with Gasteiger partial charge in [-0.25, -0.2) is 0 Å². The first-order valence-corrected chi connectivity index (χ1v) is 20.2. The summed E-state index contributed by atoms with van der Waals surface area (Å²) in [6.45, 7) is 0. The molecule has 0 saturated heterocycles. The summed E-state index contributed by atoms with van der Waals surface area (Å²) < 4.78 is 7.00. The molecule has 268 valence electrons. The monoisotopic (exact) mass is 734 g/mol. The van der Waals surface area contributed by atoms with E-state index in [-0.39, 0.29) is 0 Å². The standard InChI is InChI=1S/C57H34O/c1-2-17-35(18-3-1)36-19-4-5-23-40(36)54-41-24-6-8-26-43(41)55(44-27-9-7-25-42(44)54)45-28-16-32-52-56(45)47-33-46-39-22-12-15-31-50(39)57(51(46)34-53(47)58-52)48-29-13-10-20-37(48)38-21-11-14-30-49(38)57/h1-34H. The zero-order chi connectivity index (χ0) is 38.0. The second kappa shape index (κ2) is 11.8. The first-order valence-electron chi connectivity index (χ1n) is 20.2. The molecule has 1 nitrogen and oxygen atoms in total. The van der Waals surface area contributed by atoms with E-state index in [4.69, 9.17) is 4.42 Å². The Balaban J connectivity index is 1.12. The third-order valence-electron chi connectivity index (χ3n) is 13.1. The molecule has 0 fully saturated rings. The smallest absolute Gasteiger partial charge is 0.136 e. The normalized spacial score (nSPS) is 13.3. The third-order valence-corrected chi connectivity index (χ3v) is 13.1. The van der Waals surface area contributed by atoms with Gasteiger partial charge in [-0.3, -0.25) is 0 Å². The maximum absolute atomic E-state index is 7.00. The van der Waals surface area contributed by atoms with Gasteiger partial charge in [-0.05, 0) is 118 Å². The van der Waals surface area contributed by atoms with Crippen LogP contribution in [0, 0.1) is 0 Å². The van der Waals surface area contributed by atoms with E-state index < -0.39 is 5.41 Å². The minimum Gasteiger partial charge on any atom is -0.456 e. The van der Waals surface area contributed by atoms with Crippen molar-refractivity contribution in [3.05, 3.63) is 229 Å². The minimum absolute atomic E-state index is 0.423. The fourth-order valence-corrected chi connectivity index (χ4v) is 10.9. The molecular formula is C57H34O. The Morgan fingerprint density at radius 3 is 1.31 bits per heavy atom. The molecule has 0 saturated carbocycles. The molecule has 11 aromatic rings. The third kappa shape index (κ3) is 4.05. The van der Waals surface area contributed by atoms with Crippen molar-refractivity contribution in [2.75, 3.05) is 0 Å². The Hall–Kier alpha value is -7.48. The Labute approximate surface area is 336 Å². The first kappa shape index (κ1) is 31.7. The van der Waals surface area contributed by atoms with E-state index in [1.54, 1.807) is 0 Å². The van der Waals surface area contributed by atoms with E-state index in [2.05, 4.69) is 206 Å². The van der Waals surface area contributed by atoms with Crippen LogP contribution in [0.5, 0.6) is 0 Å². The highest BCUT2D eigenvalue weighted by Crippen LogP contribution is 2.63. The van der Waals surface area contributed by atoms with Gasteiger partial charge in [0.05, 0.1) is 5.41 Å². The van der Waals surface area contributed by atoms with Gasteiger partial charge in [-0.15, -0.1) is 0 Å². The lowest BCUT2D eigenvalue weighted by Crippen LogP contribution is -2.25. The van der Waals surface area contributed by atoms with Crippen molar-refractivity contribution < 1.29 is 4.42 Å². The van der Waals surface area contributed by atoms with Crippen LogP contribution >= 0.6 is 0 Å². The summed E-state index contributed by atoms with van der Waals surface area (Å²) in [6, 6.07) is 76.0. The zero-order valence-corrected chi connectivity index (χ0v) is 31.5. The summed E-state index contributed by atoms with van der Waals surface area (Å²) in [5.74, 6) is 0. The van der Waals surface area contributed by atoms with Crippen LogP contribution in [0.1, 0.15) is 22.3 Å². The SMILES string of the molecule is c1ccc(-c2ccccc2-c2c3ccccc3c(-c3cccc4oc5cc6c(cc5c34)-c3ccccc3C63c4ccccc4-c4ccccc43)c3ccccc23)cc1. The van der Waals surface area contributed by atoms with Crippen LogP contribution in [-0.4, -0.2) is 0 Å². The highest BCUT2D eigenvalue weighted by Gasteiger charge is 2.51. The number of fused-ring (bicyclic) bond motifs is 15. The lowest BCUT2D eigenvalue weighted by Gasteiger charge is -2.30. The summed E-state index contributed by atoms with van der Waals surface area (Å²) in [4.78, 5) is 0. The molecule has 0 unspecified atom stereocenters. The number of furan rings is 1. The van der Waals surface area contributed by atoms with Gasteiger partial charge in [0.15, 0.2) is 0 Å². The lowest BCUT2D eigenvalue weighted by molar-refractivity contribution is 0.666. The van der Waals surface area contributed by atoms with Gasteiger partial charge in [-0.2, -0.15) is 0 Å². The van der Waals surface area contributed by atoms with Gasteiger partial charge in [-0.1, -0.05) is 188 Å². The summed E-state index contributed by atoms with van der Waals surface area (Å²) >= 11 is 0. The first-order chi connectivity index (χ1) is 28.8. The van der Waals surface area contributed by atoms with E-state index in [1.807, 2.05) is 0 Å². The van der Waals surface area contributed by atoms with Crippen molar-refractivity contribution in [1.82, 2.24) is 0 Å². The highest BCUT2D eigenvalue weighted by molar-refractivity contribution is 6.26. The van der Waals surface area contributed by atoms with Crippen LogP contribution in [0.2, 0.25) is 0 Å². The van der Waals surface area contributed by atoms with Crippen molar-refractivity contribution in [3.8, 4) is 55.6 Å². The maximum Gasteiger partial charge on any atom is 0.136 e. The van der Waals surface area contributed by atoms with Gasteiger partial charge < -0.3 is 4.42 Å². The van der Waals surface area contributed by atoms with E-state index in [0.717, 1.165) is 21.9 Å². The van der Waals surface area contributed by atoms with E-state index in [9.17, 15) is 0 Å². The molecule has 0 radical (unpaired) electrons. The van der Waals surface area contributed by atoms with E-state index >= 15 is 0 Å². The Morgan fingerprint density at radius 1 is 0.276 bits per heavy atom. The van der Waals surface area contributed by atoms with Crippen molar-refractivity contribution in [1.29, 1.82) is 0 Å².